The molecule has 0 aromatic rings. The number of halogens is 3. The minimum absolute atomic E-state index is 0.0526. The molecule has 0 spiro atoms. The molecule has 0 aliphatic carbocycles. The molecule has 0 radical (unpaired) electrons. The van der Waals surface area contributed by atoms with Gasteiger partial charge < -0.3 is 10.0 Å². The van der Waals surface area contributed by atoms with E-state index in [9.17, 15) is 18.0 Å². The van der Waals surface area contributed by atoms with Gasteiger partial charge in [-0.15, -0.1) is 0 Å². The number of aliphatic carboxylic acids is 1. The summed E-state index contributed by atoms with van der Waals surface area (Å²) in [6.45, 7) is 4.56. The Morgan fingerprint density at radius 2 is 2.00 bits per heavy atom. The number of nitrogens with zero attached hydrogens (tertiary/aromatic N) is 1. The lowest BCUT2D eigenvalue weighted by molar-refractivity contribution is -0.186. The van der Waals surface area contributed by atoms with Crippen LogP contribution >= 0.6 is 0 Å². The third-order valence-corrected chi connectivity index (χ3v) is 3.82. The topological polar surface area (TPSA) is 40.5 Å². The highest BCUT2D eigenvalue weighted by molar-refractivity contribution is 5.73. The summed E-state index contributed by atoms with van der Waals surface area (Å²) in [4.78, 5) is 12.7. The van der Waals surface area contributed by atoms with Crippen molar-refractivity contribution in [1.29, 1.82) is 0 Å². The molecule has 0 saturated carbocycles. The number of carbonyl (C=O) groups is 1. The van der Waals surface area contributed by atoms with Crippen molar-refractivity contribution < 1.29 is 23.1 Å². The zero-order chi connectivity index (χ0) is 14.7. The van der Waals surface area contributed by atoms with Gasteiger partial charge in [0.25, 0.3) is 0 Å². The van der Waals surface area contributed by atoms with Gasteiger partial charge in [-0.05, 0) is 52.6 Å². The third-order valence-electron chi connectivity index (χ3n) is 3.82. The number of rotatable bonds is 5. The van der Waals surface area contributed by atoms with Crippen molar-refractivity contribution in [3.05, 3.63) is 0 Å². The summed E-state index contributed by atoms with van der Waals surface area (Å²) in [7, 11) is 0. The van der Waals surface area contributed by atoms with Gasteiger partial charge in [0.1, 0.15) is 0 Å². The van der Waals surface area contributed by atoms with Crippen LogP contribution in [-0.2, 0) is 4.79 Å². The average Bonchev–Trinajstić information content (AvgIpc) is 2.28. The van der Waals surface area contributed by atoms with Crippen LogP contribution in [0.2, 0.25) is 0 Å². The standard InChI is InChI=1S/C13H22F3NO2/c1-12(2,11(18)19)6-4-8-17-7-3-5-10(9-17)13(14,15)16/h10H,3-9H2,1-2H3,(H,18,19). The lowest BCUT2D eigenvalue weighted by Crippen LogP contribution is -2.42. The summed E-state index contributed by atoms with van der Waals surface area (Å²) in [6, 6.07) is 0. The molecule has 1 saturated heterocycles. The molecule has 112 valence electrons. The van der Waals surface area contributed by atoms with Gasteiger partial charge in [0.15, 0.2) is 0 Å². The SMILES string of the molecule is CC(C)(CCCN1CCCC(C(F)(F)F)C1)C(=O)O. The number of piperidine rings is 1. The van der Waals surface area contributed by atoms with Gasteiger partial charge in [0.2, 0.25) is 0 Å². The minimum Gasteiger partial charge on any atom is -0.481 e. The molecule has 1 fully saturated rings. The van der Waals surface area contributed by atoms with E-state index in [1.807, 2.05) is 0 Å². The normalized spacial score (nSPS) is 22.5. The van der Waals surface area contributed by atoms with Crippen LogP contribution in [0.5, 0.6) is 0 Å². The molecule has 1 heterocycles. The number of likely N-dealkylation sites (tertiary alicyclic amines) is 1. The average molecular weight is 281 g/mol. The van der Waals surface area contributed by atoms with Crippen LogP contribution in [0, 0.1) is 11.3 Å². The monoisotopic (exact) mass is 281 g/mol. The minimum atomic E-state index is -4.11. The highest BCUT2D eigenvalue weighted by atomic mass is 19.4. The van der Waals surface area contributed by atoms with Crippen molar-refractivity contribution in [2.75, 3.05) is 19.6 Å². The van der Waals surface area contributed by atoms with Crippen LogP contribution in [0.15, 0.2) is 0 Å². The molecule has 1 N–H and O–H groups in total. The second-order valence-electron chi connectivity index (χ2n) is 5.97. The molecule has 6 heteroatoms. The Kier molecular flexibility index (Phi) is 5.24. The summed E-state index contributed by atoms with van der Waals surface area (Å²) in [6.07, 6.45) is -2.24. The Labute approximate surface area is 111 Å². The van der Waals surface area contributed by atoms with E-state index in [-0.39, 0.29) is 13.0 Å². The summed E-state index contributed by atoms with van der Waals surface area (Å²) < 4.78 is 37.9. The van der Waals surface area contributed by atoms with Crippen LogP contribution in [0.4, 0.5) is 13.2 Å². The van der Waals surface area contributed by atoms with Gasteiger partial charge in [-0.2, -0.15) is 13.2 Å². The molecule has 1 rings (SSSR count). The Hall–Kier alpha value is -0.780. The van der Waals surface area contributed by atoms with Gasteiger partial charge in [-0.3, -0.25) is 4.79 Å². The van der Waals surface area contributed by atoms with E-state index in [1.165, 1.54) is 0 Å². The number of carboxylic acid groups (broad SMARTS) is 1. The van der Waals surface area contributed by atoms with E-state index >= 15 is 0 Å². The maximum Gasteiger partial charge on any atom is 0.393 e. The summed E-state index contributed by atoms with van der Waals surface area (Å²) in [5.41, 5.74) is -0.806. The molecule has 0 bridgehead atoms. The smallest absolute Gasteiger partial charge is 0.393 e. The molecular formula is C13H22F3NO2. The maximum absolute atomic E-state index is 12.6. The van der Waals surface area contributed by atoms with Gasteiger partial charge in [-0.1, -0.05) is 0 Å². The Morgan fingerprint density at radius 3 is 2.53 bits per heavy atom. The lowest BCUT2D eigenvalue weighted by Gasteiger charge is -2.34. The lowest BCUT2D eigenvalue weighted by atomic mass is 9.88. The first-order valence-corrected chi connectivity index (χ1v) is 6.65. The second-order valence-corrected chi connectivity index (χ2v) is 5.97. The Balaban J connectivity index is 2.36. The molecule has 19 heavy (non-hydrogen) atoms. The molecule has 1 unspecified atom stereocenters. The van der Waals surface area contributed by atoms with Crippen LogP contribution in [-0.4, -0.2) is 41.8 Å². The van der Waals surface area contributed by atoms with E-state index in [4.69, 9.17) is 5.11 Å². The van der Waals surface area contributed by atoms with Crippen molar-refractivity contribution >= 4 is 5.97 Å². The fraction of sp³-hybridized carbons (Fsp3) is 0.923. The van der Waals surface area contributed by atoms with Crippen molar-refractivity contribution in [2.24, 2.45) is 11.3 Å². The van der Waals surface area contributed by atoms with E-state index in [2.05, 4.69) is 0 Å². The predicted molar refractivity (Wildman–Crippen MR) is 65.9 cm³/mol. The van der Waals surface area contributed by atoms with Crippen LogP contribution in [0.1, 0.15) is 39.5 Å². The number of alkyl halides is 3. The van der Waals surface area contributed by atoms with E-state index < -0.39 is 23.5 Å². The van der Waals surface area contributed by atoms with Crippen molar-refractivity contribution in [1.82, 2.24) is 4.90 Å². The van der Waals surface area contributed by atoms with E-state index in [0.29, 0.717) is 32.4 Å². The first-order valence-electron chi connectivity index (χ1n) is 6.65. The van der Waals surface area contributed by atoms with E-state index in [1.54, 1.807) is 18.7 Å². The summed E-state index contributed by atoms with van der Waals surface area (Å²) >= 11 is 0. The molecular weight excluding hydrogens is 259 g/mol. The fourth-order valence-electron chi connectivity index (χ4n) is 2.38. The van der Waals surface area contributed by atoms with Crippen LogP contribution < -0.4 is 0 Å². The first-order chi connectivity index (χ1) is 8.63. The van der Waals surface area contributed by atoms with Gasteiger partial charge >= 0.3 is 12.1 Å². The highest BCUT2D eigenvalue weighted by Gasteiger charge is 2.41. The first kappa shape index (κ1) is 16.3. The molecule has 1 aliphatic rings. The molecule has 0 aromatic carbocycles. The van der Waals surface area contributed by atoms with Crippen molar-refractivity contribution in [3.8, 4) is 0 Å². The predicted octanol–water partition coefficient (Wildman–Crippen LogP) is 3.15. The largest absolute Gasteiger partial charge is 0.481 e. The van der Waals surface area contributed by atoms with Gasteiger partial charge in [0, 0.05) is 6.54 Å². The third kappa shape index (κ3) is 5.01. The van der Waals surface area contributed by atoms with Crippen molar-refractivity contribution in [3.63, 3.8) is 0 Å². The molecule has 3 nitrogen and oxygen atoms in total. The van der Waals surface area contributed by atoms with Crippen LogP contribution in [0.3, 0.4) is 0 Å². The quantitative estimate of drug-likeness (QED) is 0.841. The maximum atomic E-state index is 12.6. The number of hydrogen-bond donors (Lipinski definition) is 1. The number of carboxylic acids is 1. The van der Waals surface area contributed by atoms with E-state index in [0.717, 1.165) is 0 Å². The molecule has 0 aromatic heterocycles. The zero-order valence-corrected chi connectivity index (χ0v) is 11.5. The molecule has 1 atom stereocenters. The number of hydrogen-bond acceptors (Lipinski definition) is 2. The Morgan fingerprint density at radius 1 is 1.37 bits per heavy atom. The van der Waals surface area contributed by atoms with Crippen molar-refractivity contribution in [2.45, 2.75) is 45.7 Å². The molecule has 1 aliphatic heterocycles. The summed E-state index contributed by atoms with van der Waals surface area (Å²) in [5, 5.41) is 8.96. The zero-order valence-electron chi connectivity index (χ0n) is 11.5. The fourth-order valence-corrected chi connectivity index (χ4v) is 2.38. The van der Waals surface area contributed by atoms with Crippen LogP contribution in [0.25, 0.3) is 0 Å². The second kappa shape index (κ2) is 6.11. The van der Waals surface area contributed by atoms with Gasteiger partial charge in [0.05, 0.1) is 11.3 Å². The van der Waals surface area contributed by atoms with Gasteiger partial charge in [-0.25, -0.2) is 0 Å². The molecule has 0 amide bonds. The highest BCUT2D eigenvalue weighted by Crippen LogP contribution is 2.33. The Bertz CT molecular complexity index is 316. The summed E-state index contributed by atoms with van der Waals surface area (Å²) in [5.74, 6) is -2.09.